The van der Waals surface area contributed by atoms with Crippen molar-refractivity contribution in [1.82, 2.24) is 5.32 Å². The van der Waals surface area contributed by atoms with Gasteiger partial charge in [-0.1, -0.05) is 6.07 Å². The Labute approximate surface area is 183 Å². The van der Waals surface area contributed by atoms with Crippen LogP contribution in [0.15, 0.2) is 24.3 Å². The van der Waals surface area contributed by atoms with Gasteiger partial charge in [0, 0.05) is 12.0 Å². The normalized spacial score (nSPS) is 30.8. The van der Waals surface area contributed by atoms with Crippen molar-refractivity contribution in [3.05, 3.63) is 45.5 Å². The number of esters is 1. The van der Waals surface area contributed by atoms with Crippen LogP contribution in [0.1, 0.15) is 36.8 Å². The Hall–Kier alpha value is -3.14. The lowest BCUT2D eigenvalue weighted by Crippen LogP contribution is -2.75. The van der Waals surface area contributed by atoms with Crippen molar-refractivity contribution >= 4 is 11.8 Å². The molecule has 0 saturated carbocycles. The van der Waals surface area contributed by atoms with E-state index < -0.39 is 28.2 Å². The summed E-state index contributed by atoms with van der Waals surface area (Å²) in [6, 6.07) is 3.64. The molecule has 0 amide bonds. The monoisotopic (exact) mass is 444 g/mol. The number of benzene rings is 1. The molecule has 170 valence electrons. The summed E-state index contributed by atoms with van der Waals surface area (Å²) in [6.45, 7) is 0.597. The van der Waals surface area contributed by atoms with Gasteiger partial charge in [0.05, 0.1) is 25.2 Å². The van der Waals surface area contributed by atoms with Crippen LogP contribution < -0.4 is 14.8 Å². The van der Waals surface area contributed by atoms with Crippen molar-refractivity contribution in [2.75, 3.05) is 20.3 Å². The first kappa shape index (κ1) is 20.7. The molecule has 2 aliphatic heterocycles. The summed E-state index contributed by atoms with van der Waals surface area (Å²) in [5.74, 6) is 0.546. The Morgan fingerprint density at radius 3 is 3.00 bits per heavy atom. The molecule has 32 heavy (non-hydrogen) atoms. The van der Waals surface area contributed by atoms with Crippen LogP contribution in [0.25, 0.3) is 0 Å². The van der Waals surface area contributed by atoms with Crippen LogP contribution in [0.4, 0.5) is 0 Å². The van der Waals surface area contributed by atoms with Crippen molar-refractivity contribution in [3.8, 4) is 11.5 Å². The molecule has 4 atom stereocenters. The zero-order valence-corrected chi connectivity index (χ0v) is 17.6. The quantitative estimate of drug-likeness (QED) is 0.274. The highest BCUT2D eigenvalue weighted by atomic mass is 16.9. The maximum absolute atomic E-state index is 13.0. The van der Waals surface area contributed by atoms with Crippen LogP contribution in [-0.4, -0.2) is 54.8 Å². The summed E-state index contributed by atoms with van der Waals surface area (Å²) in [5.41, 5.74) is 0.0797. The summed E-state index contributed by atoms with van der Waals surface area (Å²) in [5, 5.41) is 12.9. The highest BCUT2D eigenvalue weighted by Gasteiger charge is 2.73. The van der Waals surface area contributed by atoms with E-state index in [9.17, 15) is 19.7 Å². The van der Waals surface area contributed by atoms with Gasteiger partial charge in [-0.15, -0.1) is 10.1 Å². The molecule has 5 rings (SSSR count). The molecule has 4 unspecified atom stereocenters. The lowest BCUT2D eigenvalue weighted by molar-refractivity contribution is -0.757. The van der Waals surface area contributed by atoms with Crippen molar-refractivity contribution in [1.29, 1.82) is 0 Å². The molecule has 0 radical (unpaired) electrons. The van der Waals surface area contributed by atoms with Gasteiger partial charge in [-0.05, 0) is 56.0 Å². The Bertz CT molecular complexity index is 1020. The zero-order chi connectivity index (χ0) is 22.5. The molecule has 2 aliphatic carbocycles. The van der Waals surface area contributed by atoms with Crippen LogP contribution >= 0.6 is 0 Å². The number of unbranched alkanes of at least 4 members (excludes halogenated alkanes) is 1. The number of nitrogens with one attached hydrogen (secondary N) is 1. The van der Waals surface area contributed by atoms with Crippen LogP contribution in [-0.2, 0) is 31.0 Å². The topological polar surface area (TPSA) is 126 Å². The number of methoxy groups -OCH3 is 1. The third kappa shape index (κ3) is 2.75. The van der Waals surface area contributed by atoms with Gasteiger partial charge in [0.25, 0.3) is 5.09 Å². The molecule has 1 N–H and O–H groups in total. The number of piperidine rings is 1. The van der Waals surface area contributed by atoms with Crippen LogP contribution in [0.2, 0.25) is 0 Å². The van der Waals surface area contributed by atoms with Crippen LogP contribution in [0.3, 0.4) is 0 Å². The largest absolute Gasteiger partial charge is 0.493 e. The van der Waals surface area contributed by atoms with Gasteiger partial charge < -0.3 is 24.4 Å². The number of rotatable bonds is 8. The third-order valence-corrected chi connectivity index (χ3v) is 7.11. The lowest BCUT2D eigenvalue weighted by atomic mass is 9.51. The number of nitrogens with zero attached hydrogens (tertiary/aromatic N) is 1. The fraction of sp³-hybridized carbons (Fsp3) is 0.545. The van der Waals surface area contributed by atoms with Crippen molar-refractivity contribution < 1.29 is 33.7 Å². The maximum atomic E-state index is 13.0. The predicted molar refractivity (Wildman–Crippen MR) is 109 cm³/mol. The van der Waals surface area contributed by atoms with Crippen molar-refractivity contribution in [2.24, 2.45) is 0 Å². The molecule has 10 nitrogen and oxygen atoms in total. The second kappa shape index (κ2) is 7.47. The van der Waals surface area contributed by atoms with E-state index in [0.717, 1.165) is 11.1 Å². The van der Waals surface area contributed by atoms with E-state index in [2.05, 4.69) is 10.2 Å². The van der Waals surface area contributed by atoms with E-state index in [1.807, 2.05) is 12.1 Å². The summed E-state index contributed by atoms with van der Waals surface area (Å²) in [6.07, 6.45) is 4.45. The number of carbonyl (C=O) groups is 2. The fourth-order valence-corrected chi connectivity index (χ4v) is 5.90. The van der Waals surface area contributed by atoms with Gasteiger partial charge in [0.1, 0.15) is 0 Å². The number of ether oxygens (including phenoxy) is 3. The molecule has 2 heterocycles. The Balaban J connectivity index is 1.49. The van der Waals surface area contributed by atoms with E-state index in [1.165, 1.54) is 6.08 Å². The van der Waals surface area contributed by atoms with Crippen LogP contribution in [0.5, 0.6) is 11.5 Å². The Kier molecular flexibility index (Phi) is 4.85. The number of hydrogen-bond donors (Lipinski definition) is 1. The average Bonchev–Trinajstić information content (AvgIpc) is 3.10. The minimum Gasteiger partial charge on any atom is -0.493 e. The van der Waals surface area contributed by atoms with Gasteiger partial charge in [-0.2, -0.15) is 0 Å². The minimum atomic E-state index is -1.07. The number of carbonyl (C=O) groups excluding carboxylic acids is 2. The summed E-state index contributed by atoms with van der Waals surface area (Å²) >= 11 is 0. The summed E-state index contributed by atoms with van der Waals surface area (Å²) in [7, 11) is 1.56. The first-order valence-corrected chi connectivity index (χ1v) is 10.8. The van der Waals surface area contributed by atoms with Crippen molar-refractivity contribution in [2.45, 2.75) is 55.3 Å². The molecular formula is C22H24N2O8. The minimum absolute atomic E-state index is 0.0691. The number of hydrogen-bond acceptors (Lipinski definition) is 9. The van der Waals surface area contributed by atoms with Gasteiger partial charge in [-0.3, -0.25) is 9.59 Å². The van der Waals surface area contributed by atoms with Crippen molar-refractivity contribution in [3.63, 3.8) is 0 Å². The maximum Gasteiger partial charge on any atom is 0.306 e. The highest BCUT2D eigenvalue weighted by molar-refractivity contribution is 5.99. The first-order valence-electron chi connectivity index (χ1n) is 10.8. The molecule has 1 saturated heterocycles. The standard InChI is InChI=1S/C22H24N2O8/c1-29-15-6-5-13-12-16-22(32-17(26)4-2-3-11-30-24(27)28)8-7-14(25)20-21(22,9-10-23-16)18(13)19(15)31-20/h5-8,16,20,23H,2-4,9-12H2,1H3. The van der Waals surface area contributed by atoms with E-state index in [0.29, 0.717) is 43.7 Å². The smallest absolute Gasteiger partial charge is 0.306 e. The highest BCUT2D eigenvalue weighted by Crippen LogP contribution is 2.63. The van der Waals surface area contributed by atoms with E-state index in [4.69, 9.17) is 14.2 Å². The van der Waals surface area contributed by atoms with Crippen LogP contribution in [0, 0.1) is 10.1 Å². The molecule has 1 aromatic carbocycles. The SMILES string of the molecule is COc1ccc2c3c1OC1C(=O)C=CC4(OC(=O)CCCCO[N+](=O)[O-])C(C2)NCCC314. The van der Waals surface area contributed by atoms with Gasteiger partial charge in [-0.25, -0.2) is 0 Å². The summed E-state index contributed by atoms with van der Waals surface area (Å²) in [4.78, 5) is 40.4. The van der Waals surface area contributed by atoms with Gasteiger partial charge >= 0.3 is 5.97 Å². The predicted octanol–water partition coefficient (Wildman–Crippen LogP) is 1.41. The lowest BCUT2D eigenvalue weighted by Gasteiger charge is -2.59. The Morgan fingerprint density at radius 1 is 1.38 bits per heavy atom. The van der Waals surface area contributed by atoms with Gasteiger partial charge in [0.15, 0.2) is 29.0 Å². The number of ketones is 1. The molecular weight excluding hydrogens is 420 g/mol. The third-order valence-electron chi connectivity index (χ3n) is 7.11. The second-order valence-corrected chi connectivity index (χ2v) is 8.58. The Morgan fingerprint density at radius 2 is 2.22 bits per heavy atom. The summed E-state index contributed by atoms with van der Waals surface area (Å²) < 4.78 is 18.0. The first-order chi connectivity index (χ1) is 15.4. The molecule has 2 bridgehead atoms. The van der Waals surface area contributed by atoms with E-state index in [-0.39, 0.29) is 24.9 Å². The molecule has 1 aromatic rings. The fourth-order valence-electron chi connectivity index (χ4n) is 5.90. The van der Waals surface area contributed by atoms with Gasteiger partial charge in [0.2, 0.25) is 0 Å². The second-order valence-electron chi connectivity index (χ2n) is 8.58. The molecule has 1 fully saturated rings. The average molecular weight is 444 g/mol. The molecule has 10 heteroatoms. The van der Waals surface area contributed by atoms with E-state index in [1.54, 1.807) is 13.2 Å². The molecule has 4 aliphatic rings. The van der Waals surface area contributed by atoms with E-state index >= 15 is 0 Å². The molecule has 0 aromatic heterocycles. The molecule has 1 spiro atoms. The zero-order valence-electron chi connectivity index (χ0n) is 17.6.